The van der Waals surface area contributed by atoms with E-state index < -0.39 is 10.0 Å². The van der Waals surface area contributed by atoms with Crippen molar-refractivity contribution in [2.45, 2.75) is 45.2 Å². The molecule has 1 saturated heterocycles. The first-order valence-electron chi connectivity index (χ1n) is 10.1. The van der Waals surface area contributed by atoms with Gasteiger partial charge < -0.3 is 9.88 Å². The Balaban J connectivity index is 1.60. The van der Waals surface area contributed by atoms with Crippen molar-refractivity contribution in [1.82, 2.24) is 19.2 Å². The number of likely N-dealkylation sites (tertiary alicyclic amines) is 1. The van der Waals surface area contributed by atoms with Crippen LogP contribution in [0.15, 0.2) is 29.1 Å². The third-order valence-corrected chi connectivity index (χ3v) is 7.27. The van der Waals surface area contributed by atoms with Gasteiger partial charge in [0.25, 0.3) is 5.56 Å². The molecule has 3 heterocycles. The number of hydrogen-bond donors (Lipinski definition) is 1. The van der Waals surface area contributed by atoms with Crippen LogP contribution in [-0.2, 0) is 34.2 Å². The summed E-state index contributed by atoms with van der Waals surface area (Å²) >= 11 is 0. The lowest BCUT2D eigenvalue weighted by atomic mass is 10.0. The number of aromatic nitrogens is 2. The van der Waals surface area contributed by atoms with E-state index in [1.165, 1.54) is 4.31 Å². The second-order valence-electron chi connectivity index (χ2n) is 8.07. The summed E-state index contributed by atoms with van der Waals surface area (Å²) < 4.78 is 25.2. The first-order valence-corrected chi connectivity index (χ1v) is 12.0. The zero-order chi connectivity index (χ0) is 21.5. The number of hydrogen-bond acceptors (Lipinski definition) is 5. The topological polar surface area (TPSA) is 103 Å². The number of amides is 1. The van der Waals surface area contributed by atoms with E-state index in [-0.39, 0.29) is 30.6 Å². The van der Waals surface area contributed by atoms with Crippen LogP contribution in [0.5, 0.6) is 0 Å². The maximum Gasteiger partial charge on any atom is 0.254 e. The quantitative estimate of drug-likeness (QED) is 0.788. The van der Waals surface area contributed by atoms with Crippen LogP contribution in [0.3, 0.4) is 0 Å². The molecule has 0 spiro atoms. The van der Waals surface area contributed by atoms with Gasteiger partial charge in [0, 0.05) is 18.7 Å². The average molecular weight is 431 g/mol. The molecular formula is C21H26N4O4S. The van der Waals surface area contributed by atoms with E-state index in [9.17, 15) is 18.0 Å². The van der Waals surface area contributed by atoms with Gasteiger partial charge in [0.2, 0.25) is 15.9 Å². The molecule has 1 aromatic heterocycles. The maximum absolute atomic E-state index is 13.0. The second-order valence-corrected chi connectivity index (χ2v) is 10.1. The Bertz CT molecular complexity index is 1140. The zero-order valence-corrected chi connectivity index (χ0v) is 18.0. The normalized spacial score (nSPS) is 19.7. The molecule has 0 unspecified atom stereocenters. The number of rotatable bonds is 4. The molecule has 0 aliphatic carbocycles. The molecule has 1 amide bonds. The lowest BCUT2D eigenvalue weighted by Gasteiger charge is -2.28. The van der Waals surface area contributed by atoms with Gasteiger partial charge in [-0.15, -0.1) is 0 Å². The van der Waals surface area contributed by atoms with Crippen LogP contribution >= 0.6 is 0 Å². The van der Waals surface area contributed by atoms with Crippen LogP contribution in [0.2, 0.25) is 0 Å². The van der Waals surface area contributed by atoms with E-state index in [0.29, 0.717) is 36.5 Å². The number of aryl methyl sites for hydroxylation is 1. The third-order valence-electron chi connectivity index (χ3n) is 6.02. The number of nitrogens with one attached hydrogen (secondary N) is 1. The number of H-pyrrole nitrogens is 1. The number of benzene rings is 1. The lowest BCUT2D eigenvalue weighted by Crippen LogP contribution is -2.40. The highest BCUT2D eigenvalue weighted by Crippen LogP contribution is 2.31. The van der Waals surface area contributed by atoms with E-state index in [2.05, 4.69) is 9.97 Å². The molecule has 1 N–H and O–H groups in total. The van der Waals surface area contributed by atoms with Gasteiger partial charge in [-0.3, -0.25) is 9.59 Å². The van der Waals surface area contributed by atoms with E-state index in [1.807, 2.05) is 31.2 Å². The van der Waals surface area contributed by atoms with E-state index in [1.54, 1.807) is 4.90 Å². The van der Waals surface area contributed by atoms with Crippen LogP contribution in [-0.4, -0.2) is 52.8 Å². The largest absolute Gasteiger partial charge is 0.332 e. The van der Waals surface area contributed by atoms with Crippen LogP contribution in [0, 0.1) is 6.92 Å². The molecule has 2 aromatic rings. The van der Waals surface area contributed by atoms with Gasteiger partial charge in [-0.1, -0.05) is 24.3 Å². The van der Waals surface area contributed by atoms with Crippen molar-refractivity contribution in [2.75, 3.05) is 19.3 Å². The van der Waals surface area contributed by atoms with Gasteiger partial charge in [0.05, 0.1) is 31.0 Å². The molecule has 0 saturated carbocycles. The Hall–Kier alpha value is -2.52. The molecule has 9 heteroatoms. The van der Waals surface area contributed by atoms with Crippen molar-refractivity contribution >= 4 is 15.9 Å². The van der Waals surface area contributed by atoms with Gasteiger partial charge in [0.1, 0.15) is 5.82 Å². The Morgan fingerprint density at radius 1 is 1.27 bits per heavy atom. The minimum atomic E-state index is -3.36. The van der Waals surface area contributed by atoms with Gasteiger partial charge >= 0.3 is 0 Å². The van der Waals surface area contributed by atoms with Gasteiger partial charge in [-0.05, 0) is 37.3 Å². The van der Waals surface area contributed by atoms with Gasteiger partial charge in [-0.25, -0.2) is 13.4 Å². The molecule has 8 nitrogen and oxygen atoms in total. The van der Waals surface area contributed by atoms with Crippen LogP contribution < -0.4 is 5.56 Å². The SMILES string of the molecule is Cc1ccccc1CC(=O)N1CCC[C@H]1c1nc2c(c(=O)[nH]1)CCN(S(C)(=O)=O)C2. The van der Waals surface area contributed by atoms with Crippen LogP contribution in [0.25, 0.3) is 0 Å². The molecule has 0 bridgehead atoms. The predicted octanol–water partition coefficient (Wildman–Crippen LogP) is 1.30. The number of sulfonamides is 1. The fourth-order valence-electron chi connectivity index (χ4n) is 4.30. The summed E-state index contributed by atoms with van der Waals surface area (Å²) in [6.07, 6.45) is 3.36. The summed E-state index contributed by atoms with van der Waals surface area (Å²) in [4.78, 5) is 34.9. The van der Waals surface area contributed by atoms with Crippen molar-refractivity contribution < 1.29 is 13.2 Å². The van der Waals surface area contributed by atoms with Crippen molar-refractivity contribution in [1.29, 1.82) is 0 Å². The second kappa shape index (κ2) is 7.96. The van der Waals surface area contributed by atoms with Crippen molar-refractivity contribution in [3.8, 4) is 0 Å². The Labute approximate surface area is 176 Å². The summed E-state index contributed by atoms with van der Waals surface area (Å²) in [6, 6.07) is 7.52. The number of fused-ring (bicyclic) bond motifs is 1. The van der Waals surface area contributed by atoms with Crippen molar-refractivity contribution in [3.05, 3.63) is 62.8 Å². The average Bonchev–Trinajstić information content (AvgIpc) is 3.18. The first kappa shape index (κ1) is 20.7. The zero-order valence-electron chi connectivity index (χ0n) is 17.2. The molecule has 2 aliphatic heterocycles. The molecule has 1 aromatic carbocycles. The molecule has 1 fully saturated rings. The number of carbonyl (C=O) groups excluding carboxylic acids is 1. The monoisotopic (exact) mass is 430 g/mol. The highest BCUT2D eigenvalue weighted by Gasteiger charge is 2.34. The van der Waals surface area contributed by atoms with E-state index in [0.717, 1.165) is 30.2 Å². The van der Waals surface area contributed by atoms with Crippen molar-refractivity contribution in [2.24, 2.45) is 0 Å². The maximum atomic E-state index is 13.0. The highest BCUT2D eigenvalue weighted by atomic mass is 32.2. The number of carbonyl (C=O) groups is 1. The molecule has 1 atom stereocenters. The molecule has 4 rings (SSSR count). The van der Waals surface area contributed by atoms with Gasteiger partial charge in [-0.2, -0.15) is 4.31 Å². The molecular weight excluding hydrogens is 404 g/mol. The van der Waals surface area contributed by atoms with E-state index in [4.69, 9.17) is 0 Å². The molecule has 30 heavy (non-hydrogen) atoms. The van der Waals surface area contributed by atoms with Gasteiger partial charge in [0.15, 0.2) is 0 Å². The Kier molecular flexibility index (Phi) is 5.50. The Morgan fingerprint density at radius 3 is 2.77 bits per heavy atom. The summed E-state index contributed by atoms with van der Waals surface area (Å²) in [5.74, 6) is 0.453. The minimum absolute atomic E-state index is 0.00457. The summed E-state index contributed by atoms with van der Waals surface area (Å²) in [6.45, 7) is 2.97. The van der Waals surface area contributed by atoms with Crippen LogP contribution in [0.1, 0.15) is 47.1 Å². The molecule has 2 aliphatic rings. The standard InChI is InChI=1S/C21H26N4O4S/c1-14-6-3-4-7-15(14)12-19(26)25-10-5-8-18(25)20-22-17-13-24(30(2,28)29)11-9-16(17)21(27)23-20/h3-4,6-7,18H,5,8-13H2,1-2H3,(H,22,23,27)/t18-/m0/s1. The van der Waals surface area contributed by atoms with E-state index >= 15 is 0 Å². The summed E-state index contributed by atoms with van der Waals surface area (Å²) in [5.41, 5.74) is 2.85. The third kappa shape index (κ3) is 4.04. The highest BCUT2D eigenvalue weighted by molar-refractivity contribution is 7.88. The number of aromatic amines is 1. The Morgan fingerprint density at radius 2 is 2.03 bits per heavy atom. The summed E-state index contributed by atoms with van der Waals surface area (Å²) in [7, 11) is -3.36. The fraction of sp³-hybridized carbons (Fsp3) is 0.476. The smallest absolute Gasteiger partial charge is 0.254 e. The minimum Gasteiger partial charge on any atom is -0.332 e. The lowest BCUT2D eigenvalue weighted by molar-refractivity contribution is -0.131. The predicted molar refractivity (Wildman–Crippen MR) is 112 cm³/mol. The molecule has 0 radical (unpaired) electrons. The summed E-state index contributed by atoms with van der Waals surface area (Å²) in [5, 5.41) is 0. The number of nitrogens with zero attached hydrogens (tertiary/aromatic N) is 3. The fourth-order valence-corrected chi connectivity index (χ4v) is 5.08. The molecule has 160 valence electrons. The van der Waals surface area contributed by atoms with Crippen molar-refractivity contribution in [3.63, 3.8) is 0 Å². The van der Waals surface area contributed by atoms with Crippen LogP contribution in [0.4, 0.5) is 0 Å². The first-order chi connectivity index (χ1) is 14.2.